The van der Waals surface area contributed by atoms with Crippen molar-refractivity contribution in [2.24, 2.45) is 17.8 Å². The number of ether oxygens (including phenoxy) is 3. The van der Waals surface area contributed by atoms with Gasteiger partial charge in [0, 0.05) is 17.9 Å². The number of carbonyl (C=O) groups is 1. The first-order valence-electron chi connectivity index (χ1n) is 15.9. The predicted molar refractivity (Wildman–Crippen MR) is 164 cm³/mol. The van der Waals surface area contributed by atoms with Crippen LogP contribution in [0.1, 0.15) is 106 Å². The summed E-state index contributed by atoms with van der Waals surface area (Å²) in [5.41, 5.74) is 0. The molecule has 0 radical (unpaired) electrons. The summed E-state index contributed by atoms with van der Waals surface area (Å²) in [5, 5.41) is 0.124. The Hall–Kier alpha value is -0.473. The SMILES string of the molecule is CCC[C@H](C[C@@H]1CC[C@H]([C@@H](CC)[C@H](O[Si](C)(C)C(C)(C)C)[C@H](C)[C@@H]2CC[C@H]([C@@H](CC)C(=O)OC)O2)O1)N(C)C. The van der Waals surface area contributed by atoms with E-state index in [1.807, 2.05) is 6.92 Å². The van der Waals surface area contributed by atoms with E-state index in [0.29, 0.717) is 18.1 Å². The van der Waals surface area contributed by atoms with Crippen molar-refractivity contribution in [2.45, 2.75) is 161 Å². The monoisotopic (exact) mass is 569 g/mol. The van der Waals surface area contributed by atoms with Crippen molar-refractivity contribution in [3.05, 3.63) is 0 Å². The first kappa shape index (κ1) is 34.7. The minimum Gasteiger partial charge on any atom is -0.469 e. The molecule has 0 aromatic rings. The highest BCUT2D eigenvalue weighted by Crippen LogP contribution is 2.44. The normalized spacial score (nSPS) is 28.3. The second-order valence-corrected chi connectivity index (χ2v) is 18.9. The summed E-state index contributed by atoms with van der Waals surface area (Å²) >= 11 is 0. The molecule has 2 rings (SSSR count). The first-order chi connectivity index (χ1) is 18.2. The molecule has 9 atom stereocenters. The number of rotatable bonds is 15. The molecule has 0 bridgehead atoms. The average Bonchev–Trinajstić information content (AvgIpc) is 3.53. The summed E-state index contributed by atoms with van der Waals surface area (Å²) in [6.07, 6.45) is 10.0. The van der Waals surface area contributed by atoms with Crippen LogP contribution in [0.2, 0.25) is 18.1 Å². The lowest BCUT2D eigenvalue weighted by atomic mass is 9.82. The lowest BCUT2D eigenvalue weighted by molar-refractivity contribution is -0.152. The Morgan fingerprint density at radius 2 is 1.59 bits per heavy atom. The molecule has 2 aliphatic heterocycles. The number of methoxy groups -OCH3 is 1. The van der Waals surface area contributed by atoms with E-state index in [0.717, 1.165) is 44.9 Å². The van der Waals surface area contributed by atoms with Gasteiger partial charge in [0.15, 0.2) is 8.32 Å². The van der Waals surface area contributed by atoms with Crippen LogP contribution in [0.3, 0.4) is 0 Å². The van der Waals surface area contributed by atoms with Crippen molar-refractivity contribution in [1.29, 1.82) is 0 Å². The van der Waals surface area contributed by atoms with Crippen LogP contribution >= 0.6 is 0 Å². The van der Waals surface area contributed by atoms with Crippen LogP contribution in [-0.4, -0.2) is 77.0 Å². The third-order valence-electron chi connectivity index (χ3n) is 10.2. The molecule has 0 unspecified atom stereocenters. The first-order valence-corrected chi connectivity index (χ1v) is 18.8. The largest absolute Gasteiger partial charge is 0.469 e. The van der Waals surface area contributed by atoms with Crippen LogP contribution < -0.4 is 0 Å². The van der Waals surface area contributed by atoms with Gasteiger partial charge in [0.05, 0.1) is 43.5 Å². The van der Waals surface area contributed by atoms with Gasteiger partial charge in [-0.2, -0.15) is 0 Å². The van der Waals surface area contributed by atoms with Crippen LogP contribution in [0.15, 0.2) is 0 Å². The van der Waals surface area contributed by atoms with Crippen LogP contribution in [0, 0.1) is 17.8 Å². The van der Waals surface area contributed by atoms with Crippen LogP contribution in [0.25, 0.3) is 0 Å². The second kappa shape index (κ2) is 15.1. The Bertz CT molecular complexity index is 739. The fourth-order valence-electron chi connectivity index (χ4n) is 6.57. The van der Waals surface area contributed by atoms with Crippen LogP contribution in [0.4, 0.5) is 0 Å². The Balaban J connectivity index is 2.25. The molecular formula is C32H63NO5Si. The zero-order valence-electron chi connectivity index (χ0n) is 27.5. The van der Waals surface area contributed by atoms with Crippen molar-refractivity contribution >= 4 is 14.3 Å². The summed E-state index contributed by atoms with van der Waals surface area (Å²) in [7, 11) is 3.84. The van der Waals surface area contributed by atoms with Crippen molar-refractivity contribution in [1.82, 2.24) is 4.90 Å². The molecule has 2 aliphatic rings. The quantitative estimate of drug-likeness (QED) is 0.151. The molecular weight excluding hydrogens is 506 g/mol. The lowest BCUT2D eigenvalue weighted by Crippen LogP contribution is -2.51. The summed E-state index contributed by atoms with van der Waals surface area (Å²) in [4.78, 5) is 14.8. The van der Waals surface area contributed by atoms with Gasteiger partial charge in [0.25, 0.3) is 0 Å². The molecule has 7 heteroatoms. The maximum Gasteiger partial charge on any atom is 0.311 e. The van der Waals surface area contributed by atoms with Gasteiger partial charge < -0.3 is 23.5 Å². The number of hydrogen-bond donors (Lipinski definition) is 0. The number of hydrogen-bond acceptors (Lipinski definition) is 6. The molecule has 230 valence electrons. The Morgan fingerprint density at radius 3 is 2.10 bits per heavy atom. The number of nitrogens with zero attached hydrogens (tertiary/aromatic N) is 1. The van der Waals surface area contributed by atoms with Gasteiger partial charge in [-0.05, 0) is 83.6 Å². The fraction of sp³-hybridized carbons (Fsp3) is 0.969. The number of carbonyl (C=O) groups excluding carboxylic acids is 1. The molecule has 6 nitrogen and oxygen atoms in total. The molecule has 2 heterocycles. The minimum atomic E-state index is -2.04. The fourth-order valence-corrected chi connectivity index (χ4v) is 7.99. The van der Waals surface area contributed by atoms with Gasteiger partial charge in [-0.1, -0.05) is 54.9 Å². The van der Waals surface area contributed by atoms with Gasteiger partial charge in [-0.15, -0.1) is 0 Å². The summed E-state index contributed by atoms with van der Waals surface area (Å²) in [6.45, 7) is 20.7. The summed E-state index contributed by atoms with van der Waals surface area (Å²) in [5.74, 6) is 0.205. The molecule has 39 heavy (non-hydrogen) atoms. The van der Waals surface area contributed by atoms with E-state index in [-0.39, 0.29) is 47.3 Å². The molecule has 2 fully saturated rings. The van der Waals surface area contributed by atoms with E-state index in [1.54, 1.807) is 0 Å². The van der Waals surface area contributed by atoms with E-state index in [4.69, 9.17) is 18.6 Å². The zero-order valence-corrected chi connectivity index (χ0v) is 28.5. The molecule has 0 amide bonds. The van der Waals surface area contributed by atoms with Crippen molar-refractivity contribution in [2.75, 3.05) is 21.2 Å². The Morgan fingerprint density at radius 1 is 0.974 bits per heavy atom. The zero-order chi connectivity index (χ0) is 29.5. The topological polar surface area (TPSA) is 57.2 Å². The van der Waals surface area contributed by atoms with Crippen LogP contribution in [0.5, 0.6) is 0 Å². The van der Waals surface area contributed by atoms with Crippen LogP contribution in [-0.2, 0) is 23.4 Å². The molecule has 2 saturated heterocycles. The van der Waals surface area contributed by atoms with E-state index in [9.17, 15) is 4.79 Å². The summed E-state index contributed by atoms with van der Waals surface area (Å²) < 4.78 is 25.9. The van der Waals surface area contributed by atoms with Gasteiger partial charge in [-0.3, -0.25) is 4.79 Å². The van der Waals surface area contributed by atoms with Gasteiger partial charge in [-0.25, -0.2) is 0 Å². The second-order valence-electron chi connectivity index (χ2n) is 14.1. The average molecular weight is 570 g/mol. The highest BCUT2D eigenvalue weighted by atomic mass is 28.4. The van der Waals surface area contributed by atoms with Gasteiger partial charge in [0.1, 0.15) is 0 Å². The summed E-state index contributed by atoms with van der Waals surface area (Å²) in [6, 6.07) is 0.571. The molecule has 0 aromatic carbocycles. The van der Waals surface area contributed by atoms with E-state index >= 15 is 0 Å². The van der Waals surface area contributed by atoms with Crippen molar-refractivity contribution in [3.63, 3.8) is 0 Å². The van der Waals surface area contributed by atoms with Gasteiger partial charge in [0.2, 0.25) is 0 Å². The molecule has 0 aromatic heterocycles. The van der Waals surface area contributed by atoms with Crippen molar-refractivity contribution < 1.29 is 23.4 Å². The van der Waals surface area contributed by atoms with E-state index in [2.05, 4.69) is 73.6 Å². The van der Waals surface area contributed by atoms with Gasteiger partial charge >= 0.3 is 5.97 Å². The molecule has 0 spiro atoms. The molecule has 0 aliphatic carbocycles. The highest BCUT2D eigenvalue weighted by Gasteiger charge is 2.48. The smallest absolute Gasteiger partial charge is 0.311 e. The minimum absolute atomic E-state index is 0.0712. The third kappa shape index (κ3) is 9.00. The molecule has 0 N–H and O–H groups in total. The highest BCUT2D eigenvalue weighted by molar-refractivity contribution is 6.74. The molecule has 0 saturated carbocycles. The lowest BCUT2D eigenvalue weighted by Gasteiger charge is -2.45. The third-order valence-corrected chi connectivity index (χ3v) is 14.7. The van der Waals surface area contributed by atoms with E-state index in [1.165, 1.54) is 20.0 Å². The maximum absolute atomic E-state index is 12.4. The Kier molecular flexibility index (Phi) is 13.5. The van der Waals surface area contributed by atoms with Crippen molar-refractivity contribution in [3.8, 4) is 0 Å². The predicted octanol–water partition coefficient (Wildman–Crippen LogP) is 7.45. The van der Waals surface area contributed by atoms with E-state index < -0.39 is 8.32 Å². The number of esters is 1. The maximum atomic E-state index is 12.4. The Labute approximate surface area is 242 Å². The standard InChI is InChI=1S/C32H63NO5Si/c1-13-16-23(33(8)9)21-24-17-18-28(36-24)25(14-2)30(38-39(11,12)32(5,6)7)22(4)27-19-20-29(37-27)26(15-3)31(34)35-10/h22-30H,13-21H2,1-12H3/t22-,23-,24+,25-,26-,27+,28-,29-,30-/m1/s1.